The summed E-state index contributed by atoms with van der Waals surface area (Å²) in [5, 5.41) is 8.78. The van der Waals surface area contributed by atoms with Gasteiger partial charge in [0.25, 0.3) is 0 Å². The summed E-state index contributed by atoms with van der Waals surface area (Å²) in [5.41, 5.74) is 1.04. The molecule has 0 spiro atoms. The van der Waals surface area contributed by atoms with E-state index in [0.29, 0.717) is 25.2 Å². The van der Waals surface area contributed by atoms with Crippen molar-refractivity contribution >= 4 is 0 Å². The summed E-state index contributed by atoms with van der Waals surface area (Å²) in [6.07, 6.45) is 1.08. The maximum Gasteiger partial charge on any atom is 0.248 e. The lowest BCUT2D eigenvalue weighted by Gasteiger charge is -2.12. The first kappa shape index (κ1) is 13.3. The van der Waals surface area contributed by atoms with Crippen LogP contribution in [0.1, 0.15) is 24.8 Å². The Hall–Kier alpha value is -1.16. The molecule has 0 bridgehead atoms. The summed E-state index contributed by atoms with van der Waals surface area (Å²) in [7, 11) is 0. The van der Waals surface area contributed by atoms with Crippen LogP contribution in [0.3, 0.4) is 0 Å². The molecule has 0 amide bonds. The number of aliphatic hydroxyl groups is 1. The largest absolute Gasteiger partial charge is 0.493 e. The maximum atomic E-state index is 13.0. The fourth-order valence-corrected chi connectivity index (χ4v) is 2.28. The molecule has 0 radical (unpaired) electrons. The number of benzene rings is 1. The van der Waals surface area contributed by atoms with Crippen LogP contribution >= 0.6 is 0 Å². The van der Waals surface area contributed by atoms with Gasteiger partial charge in [-0.2, -0.15) is 0 Å². The van der Waals surface area contributed by atoms with Gasteiger partial charge in [-0.25, -0.2) is 8.78 Å². The first-order valence-corrected chi connectivity index (χ1v) is 6.29. The molecule has 1 saturated carbocycles. The average molecular weight is 256 g/mol. The Morgan fingerprint density at radius 2 is 2.00 bits per heavy atom. The van der Waals surface area contributed by atoms with Crippen LogP contribution in [0.2, 0.25) is 0 Å². The molecule has 1 fully saturated rings. The quantitative estimate of drug-likeness (QED) is 0.877. The Labute approximate surface area is 106 Å². The highest BCUT2D eigenvalue weighted by Gasteiger charge is 2.39. The molecule has 0 aliphatic heterocycles. The van der Waals surface area contributed by atoms with E-state index < -0.39 is 5.92 Å². The Morgan fingerprint density at radius 1 is 1.28 bits per heavy atom. The SMILES string of the molecule is OCCc1ccc(OCC2CCC(F)(F)C2)cc1. The van der Waals surface area contributed by atoms with Crippen LogP contribution in [0.5, 0.6) is 5.75 Å². The van der Waals surface area contributed by atoms with Gasteiger partial charge in [-0.3, -0.25) is 0 Å². The molecule has 2 nitrogen and oxygen atoms in total. The zero-order chi connectivity index (χ0) is 13.0. The number of rotatable bonds is 5. The van der Waals surface area contributed by atoms with E-state index in [1.807, 2.05) is 24.3 Å². The predicted octanol–water partition coefficient (Wildman–Crippen LogP) is 3.04. The molecule has 18 heavy (non-hydrogen) atoms. The second-order valence-electron chi connectivity index (χ2n) is 4.89. The molecule has 1 N–H and O–H groups in total. The predicted molar refractivity (Wildman–Crippen MR) is 65.0 cm³/mol. The second kappa shape index (κ2) is 5.65. The minimum atomic E-state index is -2.50. The van der Waals surface area contributed by atoms with Crippen molar-refractivity contribution in [3.05, 3.63) is 29.8 Å². The molecule has 1 unspecified atom stereocenters. The van der Waals surface area contributed by atoms with Crippen LogP contribution < -0.4 is 4.74 Å². The fourth-order valence-electron chi connectivity index (χ4n) is 2.28. The highest BCUT2D eigenvalue weighted by molar-refractivity contribution is 5.27. The van der Waals surface area contributed by atoms with Gasteiger partial charge < -0.3 is 9.84 Å². The zero-order valence-electron chi connectivity index (χ0n) is 10.2. The monoisotopic (exact) mass is 256 g/mol. The highest BCUT2D eigenvalue weighted by atomic mass is 19.3. The molecule has 0 heterocycles. The molecule has 2 rings (SSSR count). The molecular weight excluding hydrogens is 238 g/mol. The molecule has 4 heteroatoms. The van der Waals surface area contributed by atoms with E-state index in [2.05, 4.69) is 0 Å². The van der Waals surface area contributed by atoms with Gasteiger partial charge in [0.2, 0.25) is 5.92 Å². The van der Waals surface area contributed by atoms with Crippen LogP contribution in [0.4, 0.5) is 8.78 Å². The van der Waals surface area contributed by atoms with E-state index >= 15 is 0 Å². The van der Waals surface area contributed by atoms with Crippen molar-refractivity contribution in [2.24, 2.45) is 5.92 Å². The molecule has 1 atom stereocenters. The van der Waals surface area contributed by atoms with E-state index in [1.54, 1.807) is 0 Å². The number of hydrogen-bond acceptors (Lipinski definition) is 2. The molecule has 1 aliphatic rings. The maximum absolute atomic E-state index is 13.0. The second-order valence-corrected chi connectivity index (χ2v) is 4.89. The van der Waals surface area contributed by atoms with Gasteiger partial charge in [0.1, 0.15) is 5.75 Å². The molecular formula is C14H18F2O2. The van der Waals surface area contributed by atoms with Crippen LogP contribution in [0.15, 0.2) is 24.3 Å². The van der Waals surface area contributed by atoms with E-state index in [9.17, 15) is 8.78 Å². The summed E-state index contributed by atoms with van der Waals surface area (Å²) < 4.78 is 31.5. The van der Waals surface area contributed by atoms with Crippen molar-refractivity contribution in [3.8, 4) is 5.75 Å². The molecule has 1 aromatic rings. The van der Waals surface area contributed by atoms with E-state index in [0.717, 1.165) is 5.56 Å². The fraction of sp³-hybridized carbons (Fsp3) is 0.571. The lowest BCUT2D eigenvalue weighted by atomic mass is 10.1. The van der Waals surface area contributed by atoms with Crippen molar-refractivity contribution < 1.29 is 18.6 Å². The Bertz CT molecular complexity index is 376. The lowest BCUT2D eigenvalue weighted by Crippen LogP contribution is -2.13. The number of aliphatic hydroxyl groups excluding tert-OH is 1. The topological polar surface area (TPSA) is 29.5 Å². The number of halogens is 2. The smallest absolute Gasteiger partial charge is 0.248 e. The van der Waals surface area contributed by atoms with Gasteiger partial charge in [0.15, 0.2) is 0 Å². The molecule has 0 aromatic heterocycles. The third-order valence-electron chi connectivity index (χ3n) is 3.32. The van der Waals surface area contributed by atoms with Crippen molar-refractivity contribution in [2.45, 2.75) is 31.6 Å². The van der Waals surface area contributed by atoms with Gasteiger partial charge in [0.05, 0.1) is 6.61 Å². The normalized spacial score (nSPS) is 22.1. The van der Waals surface area contributed by atoms with E-state index in [1.165, 1.54) is 0 Å². The van der Waals surface area contributed by atoms with Crippen LogP contribution in [0.25, 0.3) is 0 Å². The summed E-state index contributed by atoms with van der Waals surface area (Å²) in [5.74, 6) is -1.84. The number of alkyl halides is 2. The van der Waals surface area contributed by atoms with Crippen molar-refractivity contribution in [2.75, 3.05) is 13.2 Å². The summed E-state index contributed by atoms with van der Waals surface area (Å²) in [6, 6.07) is 7.40. The minimum absolute atomic E-state index is 0.0174. The van der Waals surface area contributed by atoms with Gasteiger partial charge in [-0.15, -0.1) is 0 Å². The van der Waals surface area contributed by atoms with Gasteiger partial charge in [-0.05, 0) is 36.5 Å². The highest BCUT2D eigenvalue weighted by Crippen LogP contribution is 2.38. The third kappa shape index (κ3) is 3.67. The Balaban J connectivity index is 1.80. The van der Waals surface area contributed by atoms with Crippen molar-refractivity contribution in [1.82, 2.24) is 0 Å². The van der Waals surface area contributed by atoms with Crippen molar-refractivity contribution in [3.63, 3.8) is 0 Å². The van der Waals surface area contributed by atoms with E-state index in [4.69, 9.17) is 9.84 Å². The van der Waals surface area contributed by atoms with Gasteiger partial charge >= 0.3 is 0 Å². The Morgan fingerprint density at radius 3 is 2.56 bits per heavy atom. The minimum Gasteiger partial charge on any atom is -0.493 e. The Kier molecular flexibility index (Phi) is 4.17. The molecule has 1 aliphatic carbocycles. The van der Waals surface area contributed by atoms with Crippen LogP contribution in [-0.4, -0.2) is 24.2 Å². The standard InChI is InChI=1S/C14H18F2O2/c15-14(16)7-5-12(9-14)10-18-13-3-1-11(2-4-13)6-8-17/h1-4,12,17H,5-10H2. The average Bonchev–Trinajstić information content (AvgIpc) is 2.69. The van der Waals surface area contributed by atoms with Crippen LogP contribution in [-0.2, 0) is 6.42 Å². The van der Waals surface area contributed by atoms with Crippen molar-refractivity contribution in [1.29, 1.82) is 0 Å². The number of ether oxygens (including phenoxy) is 1. The molecule has 0 saturated heterocycles. The first-order chi connectivity index (χ1) is 8.59. The first-order valence-electron chi connectivity index (χ1n) is 6.29. The molecule has 1 aromatic carbocycles. The van der Waals surface area contributed by atoms with Gasteiger partial charge in [-0.1, -0.05) is 12.1 Å². The molecule has 100 valence electrons. The zero-order valence-corrected chi connectivity index (χ0v) is 10.2. The summed E-state index contributed by atoms with van der Waals surface area (Å²) in [4.78, 5) is 0. The van der Waals surface area contributed by atoms with Crippen LogP contribution in [0, 0.1) is 5.92 Å². The lowest BCUT2D eigenvalue weighted by molar-refractivity contribution is 0.00292. The third-order valence-corrected chi connectivity index (χ3v) is 3.32. The van der Waals surface area contributed by atoms with Gasteiger partial charge in [0, 0.05) is 19.4 Å². The summed E-state index contributed by atoms with van der Waals surface area (Å²) >= 11 is 0. The van der Waals surface area contributed by atoms with E-state index in [-0.39, 0.29) is 25.4 Å². The number of hydrogen-bond donors (Lipinski definition) is 1. The summed E-state index contributed by atoms with van der Waals surface area (Å²) in [6.45, 7) is 0.478.